The number of nitrogens with two attached hydrogens (primary N) is 1. The third kappa shape index (κ3) is 2.53. The number of benzene rings is 1. The molecule has 1 heterocycles. The van der Waals surface area contributed by atoms with E-state index in [1.807, 2.05) is 0 Å². The summed E-state index contributed by atoms with van der Waals surface area (Å²) < 4.78 is 42.6. The van der Waals surface area contributed by atoms with Gasteiger partial charge in [-0.1, -0.05) is 0 Å². The smallest absolute Gasteiger partial charge is 0.178 e. The van der Waals surface area contributed by atoms with E-state index < -0.39 is 15.7 Å². The summed E-state index contributed by atoms with van der Waals surface area (Å²) in [7, 11) is -1.99. The molecule has 0 fully saturated rings. The van der Waals surface area contributed by atoms with Crippen molar-refractivity contribution in [3.63, 3.8) is 0 Å². The first-order valence-corrected chi connectivity index (χ1v) is 7.10. The summed E-state index contributed by atoms with van der Waals surface area (Å²) in [6, 6.07) is 2.44. The van der Waals surface area contributed by atoms with Gasteiger partial charge < -0.3 is 10.5 Å². The highest BCUT2D eigenvalue weighted by Gasteiger charge is 2.15. The predicted molar refractivity (Wildman–Crippen MR) is 67.6 cm³/mol. The Balaban J connectivity index is 2.56. The van der Waals surface area contributed by atoms with Crippen LogP contribution in [-0.2, 0) is 9.84 Å². The number of hydrogen-bond acceptors (Lipinski definition) is 5. The van der Waals surface area contributed by atoms with E-state index in [-0.39, 0.29) is 22.0 Å². The molecule has 2 aromatic rings. The molecule has 0 aliphatic heterocycles. The summed E-state index contributed by atoms with van der Waals surface area (Å²) >= 11 is 0. The molecule has 1 aromatic carbocycles. The van der Waals surface area contributed by atoms with E-state index in [2.05, 4.69) is 5.10 Å². The van der Waals surface area contributed by atoms with E-state index in [1.165, 1.54) is 19.4 Å². The lowest BCUT2D eigenvalue weighted by Crippen LogP contribution is -2.02. The molecule has 0 spiro atoms. The standard InChI is InChI=1S/C11H12FN3O3S/c1-18-11-4-10(8(12)3-9(11)13)15-6-7(5-14-15)19(2,16)17/h3-6H,13H2,1-2H3. The maximum absolute atomic E-state index is 13.8. The normalized spacial score (nSPS) is 11.5. The molecule has 0 aliphatic rings. The molecule has 19 heavy (non-hydrogen) atoms. The van der Waals surface area contributed by atoms with Gasteiger partial charge in [-0.2, -0.15) is 5.10 Å². The Hall–Kier alpha value is -2.09. The van der Waals surface area contributed by atoms with E-state index in [1.54, 1.807) is 0 Å². The molecule has 2 N–H and O–H groups in total. The van der Waals surface area contributed by atoms with Crippen LogP contribution in [0.25, 0.3) is 5.69 Å². The zero-order valence-electron chi connectivity index (χ0n) is 10.3. The SMILES string of the molecule is COc1cc(-n2cc(S(C)(=O)=O)cn2)c(F)cc1N. The van der Waals surface area contributed by atoms with Crippen LogP contribution >= 0.6 is 0 Å². The van der Waals surface area contributed by atoms with Crippen LogP contribution in [0.1, 0.15) is 0 Å². The fourth-order valence-electron chi connectivity index (χ4n) is 1.54. The van der Waals surface area contributed by atoms with Crippen LogP contribution in [0.3, 0.4) is 0 Å². The van der Waals surface area contributed by atoms with Gasteiger partial charge in [-0.15, -0.1) is 0 Å². The topological polar surface area (TPSA) is 87.2 Å². The highest BCUT2D eigenvalue weighted by molar-refractivity contribution is 7.90. The van der Waals surface area contributed by atoms with Crippen LogP contribution in [0.2, 0.25) is 0 Å². The van der Waals surface area contributed by atoms with Gasteiger partial charge in [0.2, 0.25) is 0 Å². The van der Waals surface area contributed by atoms with Crippen LogP contribution in [0.5, 0.6) is 5.75 Å². The lowest BCUT2D eigenvalue weighted by molar-refractivity contribution is 0.415. The van der Waals surface area contributed by atoms with Crippen LogP contribution in [0.4, 0.5) is 10.1 Å². The summed E-state index contributed by atoms with van der Waals surface area (Å²) in [4.78, 5) is 0.00249. The number of aromatic nitrogens is 2. The van der Waals surface area contributed by atoms with Gasteiger partial charge in [0.1, 0.15) is 16.3 Å². The minimum Gasteiger partial charge on any atom is -0.495 e. The van der Waals surface area contributed by atoms with Gasteiger partial charge in [-0.3, -0.25) is 0 Å². The number of rotatable bonds is 3. The van der Waals surface area contributed by atoms with Crippen molar-refractivity contribution in [2.75, 3.05) is 19.1 Å². The number of sulfone groups is 1. The lowest BCUT2D eigenvalue weighted by atomic mass is 10.2. The number of anilines is 1. The maximum Gasteiger partial charge on any atom is 0.178 e. The van der Waals surface area contributed by atoms with E-state index in [9.17, 15) is 12.8 Å². The Labute approximate surface area is 109 Å². The van der Waals surface area contributed by atoms with Gasteiger partial charge in [-0.05, 0) is 0 Å². The van der Waals surface area contributed by atoms with E-state index in [4.69, 9.17) is 10.5 Å². The van der Waals surface area contributed by atoms with Gasteiger partial charge in [0.05, 0.1) is 19.0 Å². The molecule has 0 aliphatic carbocycles. The largest absolute Gasteiger partial charge is 0.495 e. The maximum atomic E-state index is 13.8. The van der Waals surface area contributed by atoms with E-state index in [0.29, 0.717) is 0 Å². The second-order valence-electron chi connectivity index (χ2n) is 3.94. The van der Waals surface area contributed by atoms with Gasteiger partial charge in [0.25, 0.3) is 0 Å². The molecule has 102 valence electrons. The predicted octanol–water partition coefficient (Wildman–Crippen LogP) is 1.01. The molecule has 6 nitrogen and oxygen atoms in total. The molecular weight excluding hydrogens is 273 g/mol. The van der Waals surface area contributed by atoms with Crippen LogP contribution in [0, 0.1) is 5.82 Å². The molecule has 0 amide bonds. The average molecular weight is 285 g/mol. The van der Waals surface area contributed by atoms with Crippen molar-refractivity contribution in [3.8, 4) is 11.4 Å². The highest BCUT2D eigenvalue weighted by atomic mass is 32.2. The molecule has 1 aromatic heterocycles. The number of nitrogen functional groups attached to an aromatic ring is 1. The molecule has 8 heteroatoms. The highest BCUT2D eigenvalue weighted by Crippen LogP contribution is 2.27. The number of nitrogens with zero attached hydrogens (tertiary/aromatic N) is 2. The van der Waals surface area contributed by atoms with Crippen molar-refractivity contribution in [3.05, 3.63) is 30.3 Å². The minimum atomic E-state index is -3.39. The number of methoxy groups -OCH3 is 1. The van der Waals surface area contributed by atoms with Crippen molar-refractivity contribution < 1.29 is 17.5 Å². The number of hydrogen-bond donors (Lipinski definition) is 1. The fraction of sp³-hybridized carbons (Fsp3) is 0.182. The summed E-state index contributed by atoms with van der Waals surface area (Å²) in [6.07, 6.45) is 3.43. The summed E-state index contributed by atoms with van der Waals surface area (Å²) in [5.74, 6) is -0.339. The molecule has 0 radical (unpaired) electrons. The van der Waals surface area contributed by atoms with E-state index in [0.717, 1.165) is 23.2 Å². The fourth-order valence-corrected chi connectivity index (χ4v) is 2.07. The van der Waals surface area contributed by atoms with E-state index >= 15 is 0 Å². The first-order valence-electron chi connectivity index (χ1n) is 5.21. The Morgan fingerprint density at radius 2 is 2.11 bits per heavy atom. The molecule has 0 saturated heterocycles. The van der Waals surface area contributed by atoms with Crippen LogP contribution in [-0.4, -0.2) is 31.6 Å². The summed E-state index contributed by atoms with van der Waals surface area (Å²) in [5.41, 5.74) is 5.77. The zero-order valence-corrected chi connectivity index (χ0v) is 11.1. The van der Waals surface area contributed by atoms with Crippen molar-refractivity contribution in [1.29, 1.82) is 0 Å². The average Bonchev–Trinajstić information content (AvgIpc) is 2.78. The Bertz CT molecular complexity index is 725. The molecule has 0 bridgehead atoms. The monoisotopic (exact) mass is 285 g/mol. The van der Waals surface area contributed by atoms with Gasteiger partial charge in [0, 0.05) is 24.6 Å². The molecule has 0 atom stereocenters. The molecule has 0 unspecified atom stereocenters. The third-order valence-electron chi connectivity index (χ3n) is 2.53. The Kier molecular flexibility index (Phi) is 3.19. The van der Waals surface area contributed by atoms with Crippen molar-refractivity contribution in [2.45, 2.75) is 4.90 Å². The zero-order chi connectivity index (χ0) is 14.2. The first-order chi connectivity index (χ1) is 8.82. The molecule has 0 saturated carbocycles. The number of ether oxygens (including phenoxy) is 1. The molecule has 2 rings (SSSR count). The Morgan fingerprint density at radius 1 is 1.42 bits per heavy atom. The second-order valence-corrected chi connectivity index (χ2v) is 5.95. The quantitative estimate of drug-likeness (QED) is 0.850. The first kappa shape index (κ1) is 13.3. The van der Waals surface area contributed by atoms with Crippen molar-refractivity contribution >= 4 is 15.5 Å². The van der Waals surface area contributed by atoms with Crippen molar-refractivity contribution in [1.82, 2.24) is 9.78 Å². The van der Waals surface area contributed by atoms with Gasteiger partial charge >= 0.3 is 0 Å². The summed E-state index contributed by atoms with van der Waals surface area (Å²) in [5, 5.41) is 3.82. The molecular formula is C11H12FN3O3S. The minimum absolute atomic E-state index is 0.00249. The second kappa shape index (κ2) is 4.54. The number of halogens is 1. The Morgan fingerprint density at radius 3 is 2.63 bits per heavy atom. The van der Waals surface area contributed by atoms with Crippen LogP contribution < -0.4 is 10.5 Å². The lowest BCUT2D eigenvalue weighted by Gasteiger charge is -2.08. The van der Waals surface area contributed by atoms with Crippen LogP contribution in [0.15, 0.2) is 29.4 Å². The third-order valence-corrected chi connectivity index (χ3v) is 3.60. The summed E-state index contributed by atoms with van der Waals surface area (Å²) in [6.45, 7) is 0. The van der Waals surface area contributed by atoms with Gasteiger partial charge in [-0.25, -0.2) is 17.5 Å². The van der Waals surface area contributed by atoms with Gasteiger partial charge in [0.15, 0.2) is 15.7 Å². The van der Waals surface area contributed by atoms with Crippen molar-refractivity contribution in [2.24, 2.45) is 0 Å².